The van der Waals surface area contributed by atoms with Crippen molar-refractivity contribution in [3.8, 4) is 0 Å². The Morgan fingerprint density at radius 2 is 2.42 bits per heavy atom. The second-order valence-electron chi connectivity index (χ2n) is 5.56. The number of nitrogens with two attached hydrogens (primary N) is 1. The molecule has 1 aromatic heterocycles. The van der Waals surface area contributed by atoms with Crippen molar-refractivity contribution in [2.75, 3.05) is 6.54 Å². The van der Waals surface area contributed by atoms with Gasteiger partial charge in [0.25, 0.3) is 0 Å². The fourth-order valence-electron chi connectivity index (χ4n) is 2.90. The SMILES string of the molecule is CC(CCc1ccco1)NC(=O)C1CCCC1CN. The minimum atomic E-state index is 0.121. The molecular formula is C15H24N2O2. The van der Waals surface area contributed by atoms with E-state index in [1.807, 2.05) is 19.1 Å². The van der Waals surface area contributed by atoms with Gasteiger partial charge < -0.3 is 15.5 Å². The second kappa shape index (κ2) is 6.75. The van der Waals surface area contributed by atoms with Gasteiger partial charge >= 0.3 is 0 Å². The van der Waals surface area contributed by atoms with Crippen LogP contribution in [0.3, 0.4) is 0 Å². The standard InChI is InChI=1S/C15H24N2O2/c1-11(7-8-13-5-3-9-19-13)17-15(18)14-6-2-4-12(14)10-16/h3,5,9,11-12,14H,2,4,6-8,10,16H2,1H3,(H,17,18). The summed E-state index contributed by atoms with van der Waals surface area (Å²) in [5.41, 5.74) is 5.72. The molecule has 1 aromatic rings. The molecule has 2 rings (SSSR count). The molecule has 1 aliphatic rings. The predicted octanol–water partition coefficient (Wildman–Crippen LogP) is 2.09. The molecule has 4 nitrogen and oxygen atoms in total. The van der Waals surface area contributed by atoms with Crippen molar-refractivity contribution in [1.29, 1.82) is 0 Å². The molecule has 0 spiro atoms. The summed E-state index contributed by atoms with van der Waals surface area (Å²) in [6.45, 7) is 2.67. The highest BCUT2D eigenvalue weighted by Crippen LogP contribution is 2.31. The molecule has 1 aliphatic carbocycles. The van der Waals surface area contributed by atoms with E-state index in [1.165, 1.54) is 0 Å². The first-order valence-corrected chi connectivity index (χ1v) is 7.23. The molecule has 1 saturated carbocycles. The molecule has 0 saturated heterocycles. The van der Waals surface area contributed by atoms with Gasteiger partial charge in [-0.2, -0.15) is 0 Å². The molecular weight excluding hydrogens is 240 g/mol. The van der Waals surface area contributed by atoms with Crippen LogP contribution >= 0.6 is 0 Å². The van der Waals surface area contributed by atoms with Crippen molar-refractivity contribution in [2.24, 2.45) is 17.6 Å². The van der Waals surface area contributed by atoms with E-state index >= 15 is 0 Å². The summed E-state index contributed by atoms with van der Waals surface area (Å²) in [5.74, 6) is 1.65. The molecule has 19 heavy (non-hydrogen) atoms. The summed E-state index contributed by atoms with van der Waals surface area (Å²) in [5, 5.41) is 3.11. The maximum absolute atomic E-state index is 12.2. The van der Waals surface area contributed by atoms with Crippen LogP contribution in [0.4, 0.5) is 0 Å². The summed E-state index contributed by atoms with van der Waals surface area (Å²) in [6.07, 6.45) is 6.65. The molecule has 0 aromatic carbocycles. The smallest absolute Gasteiger partial charge is 0.223 e. The largest absolute Gasteiger partial charge is 0.469 e. The van der Waals surface area contributed by atoms with Crippen LogP contribution in [0.2, 0.25) is 0 Å². The summed E-state index contributed by atoms with van der Waals surface area (Å²) >= 11 is 0. The van der Waals surface area contributed by atoms with Crippen LogP contribution in [0.5, 0.6) is 0 Å². The Labute approximate surface area is 114 Å². The highest BCUT2D eigenvalue weighted by atomic mass is 16.3. The highest BCUT2D eigenvalue weighted by molar-refractivity contribution is 5.79. The Hall–Kier alpha value is -1.29. The number of rotatable bonds is 6. The molecule has 0 aliphatic heterocycles. The Morgan fingerprint density at radius 1 is 1.58 bits per heavy atom. The summed E-state index contributed by atoms with van der Waals surface area (Å²) in [4.78, 5) is 12.2. The van der Waals surface area contributed by atoms with E-state index < -0.39 is 0 Å². The van der Waals surface area contributed by atoms with Crippen LogP contribution in [-0.4, -0.2) is 18.5 Å². The number of carbonyl (C=O) groups is 1. The molecule has 106 valence electrons. The third-order valence-electron chi connectivity index (χ3n) is 4.09. The maximum atomic E-state index is 12.2. The van der Waals surface area contributed by atoms with Crippen molar-refractivity contribution >= 4 is 5.91 Å². The lowest BCUT2D eigenvalue weighted by Crippen LogP contribution is -2.40. The number of carbonyl (C=O) groups excluding carboxylic acids is 1. The van der Waals surface area contributed by atoms with Gasteiger partial charge in [0, 0.05) is 18.4 Å². The predicted molar refractivity (Wildman–Crippen MR) is 74.5 cm³/mol. The lowest BCUT2D eigenvalue weighted by Gasteiger charge is -2.20. The van der Waals surface area contributed by atoms with E-state index in [0.29, 0.717) is 12.5 Å². The van der Waals surface area contributed by atoms with Crippen LogP contribution in [0.1, 0.15) is 38.4 Å². The van der Waals surface area contributed by atoms with Gasteiger partial charge in [-0.3, -0.25) is 4.79 Å². The van der Waals surface area contributed by atoms with Crippen molar-refractivity contribution in [2.45, 2.75) is 45.1 Å². The van der Waals surface area contributed by atoms with Crippen molar-refractivity contribution < 1.29 is 9.21 Å². The van der Waals surface area contributed by atoms with Gasteiger partial charge in [0.2, 0.25) is 5.91 Å². The minimum absolute atomic E-state index is 0.121. The molecule has 0 bridgehead atoms. The van der Waals surface area contributed by atoms with Gasteiger partial charge in [-0.15, -0.1) is 0 Å². The molecule has 0 radical (unpaired) electrons. The number of amides is 1. The number of hydrogen-bond donors (Lipinski definition) is 2. The van der Waals surface area contributed by atoms with Crippen LogP contribution in [0.15, 0.2) is 22.8 Å². The Bertz CT molecular complexity index is 389. The van der Waals surface area contributed by atoms with Gasteiger partial charge in [0.1, 0.15) is 5.76 Å². The zero-order chi connectivity index (χ0) is 13.7. The zero-order valence-corrected chi connectivity index (χ0v) is 11.6. The first-order valence-electron chi connectivity index (χ1n) is 7.23. The normalized spacial score (nSPS) is 24.3. The molecule has 3 unspecified atom stereocenters. The lowest BCUT2D eigenvalue weighted by atomic mass is 9.95. The van der Waals surface area contributed by atoms with Gasteiger partial charge in [-0.05, 0) is 50.8 Å². The van der Waals surface area contributed by atoms with Gasteiger partial charge in [0.15, 0.2) is 0 Å². The molecule has 1 fully saturated rings. The molecule has 3 N–H and O–H groups in total. The summed E-state index contributed by atoms with van der Waals surface area (Å²) in [6, 6.07) is 4.04. The van der Waals surface area contributed by atoms with E-state index in [-0.39, 0.29) is 17.9 Å². The fraction of sp³-hybridized carbons (Fsp3) is 0.667. The number of furan rings is 1. The Morgan fingerprint density at radius 3 is 3.11 bits per heavy atom. The summed E-state index contributed by atoms with van der Waals surface area (Å²) < 4.78 is 5.29. The first-order chi connectivity index (χ1) is 9.20. The maximum Gasteiger partial charge on any atom is 0.223 e. The number of hydrogen-bond acceptors (Lipinski definition) is 3. The Kier molecular flexibility index (Phi) is 5.02. The molecule has 4 heteroatoms. The van der Waals surface area contributed by atoms with Crippen LogP contribution in [-0.2, 0) is 11.2 Å². The zero-order valence-electron chi connectivity index (χ0n) is 11.6. The van der Waals surface area contributed by atoms with Crippen molar-refractivity contribution in [3.05, 3.63) is 24.2 Å². The average Bonchev–Trinajstić information content (AvgIpc) is 3.07. The lowest BCUT2D eigenvalue weighted by molar-refractivity contribution is -0.126. The first kappa shape index (κ1) is 14.1. The topological polar surface area (TPSA) is 68.3 Å². The van der Waals surface area contributed by atoms with E-state index in [4.69, 9.17) is 10.2 Å². The average molecular weight is 264 g/mol. The van der Waals surface area contributed by atoms with Gasteiger partial charge in [-0.25, -0.2) is 0 Å². The van der Waals surface area contributed by atoms with E-state index in [9.17, 15) is 4.79 Å². The van der Waals surface area contributed by atoms with E-state index in [1.54, 1.807) is 6.26 Å². The fourth-order valence-corrected chi connectivity index (χ4v) is 2.90. The number of aryl methyl sites for hydroxylation is 1. The number of nitrogens with one attached hydrogen (secondary N) is 1. The Balaban J connectivity index is 1.75. The van der Waals surface area contributed by atoms with Crippen LogP contribution < -0.4 is 11.1 Å². The van der Waals surface area contributed by atoms with Gasteiger partial charge in [0.05, 0.1) is 6.26 Å². The third kappa shape index (κ3) is 3.83. The third-order valence-corrected chi connectivity index (χ3v) is 4.09. The molecule has 1 amide bonds. The van der Waals surface area contributed by atoms with Crippen LogP contribution in [0.25, 0.3) is 0 Å². The molecule has 1 heterocycles. The van der Waals surface area contributed by atoms with Gasteiger partial charge in [-0.1, -0.05) is 6.42 Å². The van der Waals surface area contributed by atoms with Crippen molar-refractivity contribution in [1.82, 2.24) is 5.32 Å². The quantitative estimate of drug-likeness (QED) is 0.826. The summed E-state index contributed by atoms with van der Waals surface area (Å²) in [7, 11) is 0. The monoisotopic (exact) mass is 264 g/mol. The minimum Gasteiger partial charge on any atom is -0.469 e. The molecule has 3 atom stereocenters. The second-order valence-corrected chi connectivity index (χ2v) is 5.56. The van der Waals surface area contributed by atoms with Crippen LogP contribution in [0, 0.1) is 11.8 Å². The highest BCUT2D eigenvalue weighted by Gasteiger charge is 2.32. The van der Waals surface area contributed by atoms with Crippen molar-refractivity contribution in [3.63, 3.8) is 0 Å². The van der Waals surface area contributed by atoms with E-state index in [0.717, 1.165) is 37.9 Å². The van der Waals surface area contributed by atoms with E-state index in [2.05, 4.69) is 5.32 Å².